The fourth-order valence-corrected chi connectivity index (χ4v) is 3.25. The van der Waals surface area contributed by atoms with E-state index in [2.05, 4.69) is 10.5 Å². The van der Waals surface area contributed by atoms with Gasteiger partial charge in [0.15, 0.2) is 0 Å². The maximum Gasteiger partial charge on any atom is 0.272 e. The van der Waals surface area contributed by atoms with Gasteiger partial charge < -0.3 is 9.30 Å². The molecule has 6 heteroatoms. The molecule has 0 spiro atoms. The fraction of sp³-hybridized carbons (Fsp3) is 0.125. The molecule has 0 aliphatic rings. The van der Waals surface area contributed by atoms with Gasteiger partial charge in [0, 0.05) is 24.2 Å². The van der Waals surface area contributed by atoms with Crippen molar-refractivity contribution in [2.75, 3.05) is 6.61 Å². The first-order chi connectivity index (χ1) is 14.7. The van der Waals surface area contributed by atoms with Crippen LogP contribution >= 0.6 is 0 Å². The van der Waals surface area contributed by atoms with E-state index in [0.717, 1.165) is 27.9 Å². The molecule has 0 radical (unpaired) electrons. The number of ether oxygens (including phenoxy) is 1. The van der Waals surface area contributed by atoms with Crippen molar-refractivity contribution in [3.63, 3.8) is 0 Å². The number of hydrogen-bond acceptors (Lipinski definition) is 4. The largest absolute Gasteiger partial charge is 0.494 e. The lowest BCUT2D eigenvalue weighted by Crippen LogP contribution is -2.18. The molecule has 0 atom stereocenters. The fourth-order valence-electron chi connectivity index (χ4n) is 3.25. The maximum absolute atomic E-state index is 12.9. The van der Waals surface area contributed by atoms with E-state index >= 15 is 0 Å². The van der Waals surface area contributed by atoms with Gasteiger partial charge in [-0.05, 0) is 43.3 Å². The van der Waals surface area contributed by atoms with Crippen molar-refractivity contribution in [1.29, 1.82) is 0 Å². The summed E-state index contributed by atoms with van der Waals surface area (Å²) in [6.45, 7) is 2.53. The molecule has 0 saturated carbocycles. The summed E-state index contributed by atoms with van der Waals surface area (Å²) in [5.41, 5.74) is 6.37. The molecule has 0 fully saturated rings. The molecule has 30 heavy (non-hydrogen) atoms. The summed E-state index contributed by atoms with van der Waals surface area (Å²) < 4.78 is 7.52. The summed E-state index contributed by atoms with van der Waals surface area (Å²) in [5.74, 6) is 0.476. The van der Waals surface area contributed by atoms with E-state index in [1.165, 1.54) is 0 Å². The van der Waals surface area contributed by atoms with Crippen LogP contribution in [-0.4, -0.2) is 28.3 Å². The van der Waals surface area contributed by atoms with E-state index < -0.39 is 0 Å². The molecule has 0 unspecified atom stereocenters. The third-order valence-corrected chi connectivity index (χ3v) is 4.75. The topological polar surface area (TPSA) is 68.5 Å². The number of fused-ring (bicyclic) bond motifs is 1. The molecular formula is C24H22N4O2. The van der Waals surface area contributed by atoms with E-state index in [4.69, 9.17) is 9.72 Å². The Morgan fingerprint density at radius 1 is 1.13 bits per heavy atom. The van der Waals surface area contributed by atoms with Gasteiger partial charge in [-0.3, -0.25) is 4.79 Å². The molecule has 150 valence electrons. The van der Waals surface area contributed by atoms with Gasteiger partial charge in [-0.1, -0.05) is 30.3 Å². The first kappa shape index (κ1) is 19.4. The zero-order chi connectivity index (χ0) is 20.9. The van der Waals surface area contributed by atoms with Crippen molar-refractivity contribution in [3.8, 4) is 17.0 Å². The molecule has 0 bridgehead atoms. The van der Waals surface area contributed by atoms with Crippen molar-refractivity contribution < 1.29 is 9.53 Å². The normalized spacial score (nSPS) is 11.1. The quantitative estimate of drug-likeness (QED) is 0.387. The maximum atomic E-state index is 12.9. The number of rotatable bonds is 6. The first-order valence-corrected chi connectivity index (χ1v) is 9.73. The van der Waals surface area contributed by atoms with Gasteiger partial charge in [0.05, 0.1) is 35.3 Å². The summed E-state index contributed by atoms with van der Waals surface area (Å²) in [6, 6.07) is 20.9. The highest BCUT2D eigenvalue weighted by Crippen LogP contribution is 2.27. The monoisotopic (exact) mass is 398 g/mol. The van der Waals surface area contributed by atoms with Crippen LogP contribution in [-0.2, 0) is 7.05 Å². The predicted molar refractivity (Wildman–Crippen MR) is 119 cm³/mol. The Morgan fingerprint density at radius 2 is 2.00 bits per heavy atom. The number of amides is 1. The molecule has 0 saturated heterocycles. The second-order valence-corrected chi connectivity index (χ2v) is 6.78. The molecule has 2 aromatic carbocycles. The van der Waals surface area contributed by atoms with E-state index in [0.29, 0.717) is 17.9 Å². The van der Waals surface area contributed by atoms with E-state index in [1.807, 2.05) is 85.4 Å². The Labute approximate surface area is 174 Å². The van der Waals surface area contributed by atoms with Gasteiger partial charge in [-0.15, -0.1) is 0 Å². The second-order valence-electron chi connectivity index (χ2n) is 6.78. The van der Waals surface area contributed by atoms with Crippen LogP contribution in [0.4, 0.5) is 0 Å². The van der Waals surface area contributed by atoms with E-state index in [9.17, 15) is 4.79 Å². The first-order valence-electron chi connectivity index (χ1n) is 9.73. The summed E-state index contributed by atoms with van der Waals surface area (Å²) in [6.07, 6.45) is 3.54. The number of hydrogen-bond donors (Lipinski definition) is 1. The number of nitrogens with zero attached hydrogens (tertiary/aromatic N) is 3. The minimum atomic E-state index is -0.290. The lowest BCUT2D eigenvalue weighted by molar-refractivity contribution is 0.0956. The number of carbonyl (C=O) groups excluding carboxylic acids is 1. The molecule has 6 nitrogen and oxygen atoms in total. The van der Waals surface area contributed by atoms with Crippen LogP contribution in [0.15, 0.2) is 78.0 Å². The van der Waals surface area contributed by atoms with Crippen molar-refractivity contribution >= 4 is 23.0 Å². The third kappa shape index (κ3) is 4.07. The number of para-hydroxylation sites is 1. The zero-order valence-electron chi connectivity index (χ0n) is 16.9. The van der Waals surface area contributed by atoms with Crippen LogP contribution in [0.2, 0.25) is 0 Å². The zero-order valence-corrected chi connectivity index (χ0v) is 16.9. The average molecular weight is 398 g/mol. The molecular weight excluding hydrogens is 376 g/mol. The molecule has 4 rings (SSSR count). The van der Waals surface area contributed by atoms with Crippen LogP contribution in [0, 0.1) is 0 Å². The Balaban J connectivity index is 1.70. The van der Waals surface area contributed by atoms with Gasteiger partial charge >= 0.3 is 0 Å². The Kier molecular flexibility index (Phi) is 5.57. The molecule has 2 aromatic heterocycles. The molecule has 2 heterocycles. The number of aromatic nitrogens is 2. The summed E-state index contributed by atoms with van der Waals surface area (Å²) >= 11 is 0. The number of nitrogens with one attached hydrogen (secondary N) is 1. The van der Waals surface area contributed by atoms with Gasteiger partial charge in [-0.2, -0.15) is 5.10 Å². The lowest BCUT2D eigenvalue weighted by atomic mass is 10.0. The van der Waals surface area contributed by atoms with Crippen LogP contribution in [0.25, 0.3) is 22.2 Å². The number of hydrazone groups is 1. The molecule has 1 amide bonds. The summed E-state index contributed by atoms with van der Waals surface area (Å²) in [7, 11) is 1.92. The van der Waals surface area contributed by atoms with Crippen molar-refractivity contribution in [2.45, 2.75) is 6.92 Å². The number of carbonyl (C=O) groups is 1. The minimum Gasteiger partial charge on any atom is -0.494 e. The standard InChI is InChI=1S/C24H22N4O2/c1-3-30-19-10-6-8-17(14-19)23-15-21(20-11-4-5-12-22(20)26-23)24(29)27-25-16-18-9-7-13-28(18)2/h4-16H,3H2,1-2H3,(H,27,29)/b25-16+. The van der Waals surface area contributed by atoms with Crippen molar-refractivity contribution in [2.24, 2.45) is 12.1 Å². The Hall–Kier alpha value is -3.93. The van der Waals surface area contributed by atoms with Crippen LogP contribution in [0.1, 0.15) is 23.0 Å². The number of pyridine rings is 1. The highest BCUT2D eigenvalue weighted by Gasteiger charge is 2.14. The number of aryl methyl sites for hydroxylation is 1. The second kappa shape index (κ2) is 8.61. The van der Waals surface area contributed by atoms with Crippen molar-refractivity contribution in [3.05, 3.63) is 84.2 Å². The van der Waals surface area contributed by atoms with Gasteiger partial charge in [-0.25, -0.2) is 10.4 Å². The van der Waals surface area contributed by atoms with Crippen LogP contribution < -0.4 is 10.2 Å². The molecule has 1 N–H and O–H groups in total. The van der Waals surface area contributed by atoms with Crippen molar-refractivity contribution in [1.82, 2.24) is 15.0 Å². The smallest absolute Gasteiger partial charge is 0.272 e. The number of benzene rings is 2. The van der Waals surface area contributed by atoms with E-state index in [1.54, 1.807) is 12.3 Å². The summed E-state index contributed by atoms with van der Waals surface area (Å²) in [5, 5.41) is 4.88. The minimum absolute atomic E-state index is 0.290. The average Bonchev–Trinajstić information content (AvgIpc) is 3.18. The van der Waals surface area contributed by atoms with Gasteiger partial charge in [0.2, 0.25) is 0 Å². The van der Waals surface area contributed by atoms with Gasteiger partial charge in [0.1, 0.15) is 5.75 Å². The van der Waals surface area contributed by atoms with Gasteiger partial charge in [0.25, 0.3) is 5.91 Å². The Morgan fingerprint density at radius 3 is 2.80 bits per heavy atom. The highest BCUT2D eigenvalue weighted by atomic mass is 16.5. The van der Waals surface area contributed by atoms with Crippen LogP contribution in [0.3, 0.4) is 0 Å². The summed E-state index contributed by atoms with van der Waals surface area (Å²) in [4.78, 5) is 17.7. The SMILES string of the molecule is CCOc1cccc(-c2cc(C(=O)N/N=C/c3cccn3C)c3ccccc3n2)c1. The lowest BCUT2D eigenvalue weighted by Gasteiger charge is -2.10. The Bertz CT molecular complexity index is 1230. The molecule has 0 aliphatic carbocycles. The third-order valence-electron chi connectivity index (χ3n) is 4.75. The highest BCUT2D eigenvalue weighted by molar-refractivity contribution is 6.07. The van der Waals surface area contributed by atoms with Crippen LogP contribution in [0.5, 0.6) is 5.75 Å². The molecule has 0 aliphatic heterocycles. The predicted octanol–water partition coefficient (Wildman–Crippen LogP) is 4.40. The molecule has 4 aromatic rings. The van der Waals surface area contributed by atoms with E-state index in [-0.39, 0.29) is 5.91 Å².